The number of benzene rings is 1. The van der Waals surface area contributed by atoms with Gasteiger partial charge in [0, 0.05) is 10.9 Å². The Hall–Kier alpha value is -2.30. The van der Waals surface area contributed by atoms with Gasteiger partial charge in [-0.2, -0.15) is 18.3 Å². The van der Waals surface area contributed by atoms with Crippen LogP contribution in [0.25, 0.3) is 0 Å². The van der Waals surface area contributed by atoms with Gasteiger partial charge in [-0.3, -0.25) is 5.43 Å². The number of rotatable bonds is 3. The van der Waals surface area contributed by atoms with Crippen molar-refractivity contribution in [3.63, 3.8) is 0 Å². The van der Waals surface area contributed by atoms with Crippen LogP contribution in [0.1, 0.15) is 11.1 Å². The van der Waals surface area contributed by atoms with Crippen molar-refractivity contribution >= 4 is 28.5 Å². The Labute approximate surface area is 123 Å². The van der Waals surface area contributed by atoms with Crippen molar-refractivity contribution in [1.82, 2.24) is 4.98 Å². The van der Waals surface area contributed by atoms with Crippen LogP contribution >= 0.6 is 11.3 Å². The second-order valence-corrected chi connectivity index (χ2v) is 4.75. The van der Waals surface area contributed by atoms with Gasteiger partial charge >= 0.3 is 6.18 Å². The highest BCUT2D eigenvalue weighted by molar-refractivity contribution is 7.14. The van der Waals surface area contributed by atoms with Crippen molar-refractivity contribution < 1.29 is 26.3 Å². The van der Waals surface area contributed by atoms with Gasteiger partial charge in [0.15, 0.2) is 17.5 Å². The molecule has 0 saturated heterocycles. The fourth-order valence-electron chi connectivity index (χ4n) is 1.46. The van der Waals surface area contributed by atoms with Crippen LogP contribution in [0.15, 0.2) is 16.5 Å². The third-order valence-corrected chi connectivity index (χ3v) is 3.15. The minimum absolute atomic E-state index is 0.130. The average Bonchev–Trinajstić information content (AvgIpc) is 2.83. The van der Waals surface area contributed by atoms with E-state index < -0.39 is 34.8 Å². The molecule has 0 aliphatic carbocycles. The normalized spacial score (nSPS) is 12.1. The molecular formula is C11H6F6N4S. The summed E-state index contributed by atoms with van der Waals surface area (Å²) in [7, 11) is 0. The summed E-state index contributed by atoms with van der Waals surface area (Å²) in [4.78, 5) is 3.69. The molecule has 0 spiro atoms. The zero-order valence-electron chi connectivity index (χ0n) is 10.4. The van der Waals surface area contributed by atoms with Crippen molar-refractivity contribution in [3.05, 3.63) is 40.0 Å². The van der Waals surface area contributed by atoms with Crippen LogP contribution in [-0.2, 0) is 6.18 Å². The lowest BCUT2D eigenvalue weighted by molar-refractivity contribution is -0.138. The first-order chi connectivity index (χ1) is 10.2. The Balaban J connectivity index is 2.38. The van der Waals surface area contributed by atoms with Crippen LogP contribution in [0.2, 0.25) is 0 Å². The molecule has 0 atom stereocenters. The molecule has 0 saturated carbocycles. The number of hydrogen-bond donors (Lipinski definition) is 2. The first kappa shape index (κ1) is 16.1. The van der Waals surface area contributed by atoms with E-state index in [0.717, 1.165) is 11.3 Å². The van der Waals surface area contributed by atoms with Gasteiger partial charge in [-0.15, -0.1) is 11.3 Å². The van der Waals surface area contributed by atoms with Gasteiger partial charge in [-0.05, 0) is 6.07 Å². The maximum absolute atomic E-state index is 13.5. The molecule has 0 radical (unpaired) electrons. The Kier molecular flexibility index (Phi) is 4.26. The van der Waals surface area contributed by atoms with Gasteiger partial charge in [0.05, 0.1) is 11.8 Å². The van der Waals surface area contributed by atoms with Crippen molar-refractivity contribution in [2.75, 3.05) is 11.2 Å². The number of nitrogen functional groups attached to an aromatic ring is 1. The number of nitrogens with two attached hydrogens (primary N) is 1. The van der Waals surface area contributed by atoms with Gasteiger partial charge in [-0.1, -0.05) is 0 Å². The standard InChI is InChI=1S/C11H6F6N4S/c12-6-1-5(11(15,16)17)4(8(13)9(6)14)2-19-21-10-20-7(18)3-22-10/h1-3H,18H2,(H,20,21). The minimum atomic E-state index is -5.08. The first-order valence-corrected chi connectivity index (χ1v) is 6.33. The van der Waals surface area contributed by atoms with E-state index in [0.29, 0.717) is 6.21 Å². The summed E-state index contributed by atoms with van der Waals surface area (Å²) in [5.41, 5.74) is 4.59. The molecule has 0 bridgehead atoms. The highest BCUT2D eigenvalue weighted by Gasteiger charge is 2.36. The molecule has 3 N–H and O–H groups in total. The Morgan fingerprint density at radius 1 is 1.23 bits per heavy atom. The number of thiazole rings is 1. The van der Waals surface area contributed by atoms with Crippen molar-refractivity contribution in [3.8, 4) is 0 Å². The van der Waals surface area contributed by atoms with Gasteiger partial charge in [0.1, 0.15) is 5.82 Å². The predicted molar refractivity (Wildman–Crippen MR) is 69.1 cm³/mol. The Bertz CT molecular complexity index is 724. The summed E-state index contributed by atoms with van der Waals surface area (Å²) in [5, 5.41) is 4.88. The molecule has 11 heteroatoms. The van der Waals surface area contributed by atoms with E-state index in [1.54, 1.807) is 0 Å². The van der Waals surface area contributed by atoms with E-state index >= 15 is 0 Å². The van der Waals surface area contributed by atoms with Crippen molar-refractivity contribution in [2.24, 2.45) is 5.10 Å². The van der Waals surface area contributed by atoms with E-state index in [1.165, 1.54) is 5.38 Å². The predicted octanol–water partition coefficient (Wildman–Crippen LogP) is 3.61. The zero-order valence-corrected chi connectivity index (χ0v) is 11.2. The van der Waals surface area contributed by atoms with Crippen LogP contribution in [0, 0.1) is 17.5 Å². The molecule has 0 unspecified atom stereocenters. The van der Waals surface area contributed by atoms with Gasteiger partial charge in [0.25, 0.3) is 0 Å². The van der Waals surface area contributed by atoms with Gasteiger partial charge in [-0.25, -0.2) is 18.2 Å². The largest absolute Gasteiger partial charge is 0.417 e. The first-order valence-electron chi connectivity index (χ1n) is 5.45. The maximum Gasteiger partial charge on any atom is 0.417 e. The maximum atomic E-state index is 13.5. The van der Waals surface area contributed by atoms with E-state index in [9.17, 15) is 26.3 Å². The number of halogens is 6. The molecule has 1 aromatic heterocycles. The molecule has 1 aromatic carbocycles. The lowest BCUT2D eigenvalue weighted by Crippen LogP contribution is -2.13. The Morgan fingerprint density at radius 3 is 2.45 bits per heavy atom. The van der Waals surface area contributed by atoms with E-state index in [1.807, 2.05) is 0 Å². The average molecular weight is 340 g/mol. The number of nitrogens with one attached hydrogen (secondary N) is 1. The molecule has 0 aliphatic rings. The molecule has 22 heavy (non-hydrogen) atoms. The lowest BCUT2D eigenvalue weighted by atomic mass is 10.1. The summed E-state index contributed by atoms with van der Waals surface area (Å²) < 4.78 is 77.7. The molecular weight excluding hydrogens is 334 g/mol. The molecule has 1 heterocycles. The monoisotopic (exact) mass is 340 g/mol. The minimum Gasteiger partial charge on any atom is -0.383 e. The van der Waals surface area contributed by atoms with E-state index in [-0.39, 0.29) is 17.0 Å². The highest BCUT2D eigenvalue weighted by atomic mass is 32.1. The summed E-state index contributed by atoms with van der Waals surface area (Å²) in [6, 6.07) is -0.138. The molecule has 2 aromatic rings. The SMILES string of the molecule is Nc1csc(NN=Cc2c(C(F)(F)F)cc(F)c(F)c2F)n1. The summed E-state index contributed by atoms with van der Waals surface area (Å²) in [5.74, 6) is -5.80. The Morgan fingerprint density at radius 2 is 1.91 bits per heavy atom. The smallest absolute Gasteiger partial charge is 0.383 e. The van der Waals surface area contributed by atoms with Crippen molar-refractivity contribution in [2.45, 2.75) is 6.18 Å². The number of hydrogen-bond acceptors (Lipinski definition) is 5. The van der Waals surface area contributed by atoms with Gasteiger partial charge < -0.3 is 5.73 Å². The van der Waals surface area contributed by atoms with Crippen LogP contribution in [-0.4, -0.2) is 11.2 Å². The number of anilines is 2. The fourth-order valence-corrected chi connectivity index (χ4v) is 2.01. The summed E-state index contributed by atoms with van der Waals surface area (Å²) >= 11 is 0.993. The second kappa shape index (κ2) is 5.83. The fraction of sp³-hybridized carbons (Fsp3) is 0.0909. The third-order valence-electron chi connectivity index (χ3n) is 2.38. The molecule has 0 aliphatic heterocycles. The van der Waals surface area contributed by atoms with E-state index in [4.69, 9.17) is 5.73 Å². The summed E-state index contributed by atoms with van der Waals surface area (Å²) in [6.45, 7) is 0. The van der Waals surface area contributed by atoms with E-state index in [2.05, 4.69) is 15.5 Å². The number of nitrogens with zero attached hydrogens (tertiary/aromatic N) is 2. The molecule has 4 nitrogen and oxygen atoms in total. The van der Waals surface area contributed by atoms with Crippen LogP contribution < -0.4 is 11.2 Å². The number of hydrazone groups is 1. The third kappa shape index (κ3) is 3.30. The quantitative estimate of drug-likeness (QED) is 0.388. The highest BCUT2D eigenvalue weighted by Crippen LogP contribution is 2.34. The summed E-state index contributed by atoms with van der Waals surface area (Å²) in [6.07, 6.45) is -4.69. The van der Waals surface area contributed by atoms with Crippen LogP contribution in [0.4, 0.5) is 37.3 Å². The molecule has 118 valence electrons. The molecule has 0 amide bonds. The van der Waals surface area contributed by atoms with Crippen LogP contribution in [0.5, 0.6) is 0 Å². The number of aromatic nitrogens is 1. The lowest BCUT2D eigenvalue weighted by Gasteiger charge is -2.11. The number of alkyl halides is 3. The van der Waals surface area contributed by atoms with Gasteiger partial charge in [0.2, 0.25) is 5.13 Å². The second-order valence-electron chi connectivity index (χ2n) is 3.89. The zero-order chi connectivity index (χ0) is 16.5. The topological polar surface area (TPSA) is 63.3 Å². The molecule has 0 fully saturated rings. The van der Waals surface area contributed by atoms with Crippen LogP contribution in [0.3, 0.4) is 0 Å². The molecule has 2 rings (SSSR count). The van der Waals surface area contributed by atoms with Crippen molar-refractivity contribution in [1.29, 1.82) is 0 Å².